The molecule has 4 nitrogen and oxygen atoms in total. The van der Waals surface area contributed by atoms with Crippen molar-refractivity contribution >= 4 is 34.9 Å². The molecule has 104 valence electrons. The Morgan fingerprint density at radius 2 is 1.90 bits per heavy atom. The van der Waals surface area contributed by atoms with E-state index in [9.17, 15) is 4.79 Å². The van der Waals surface area contributed by atoms with E-state index in [2.05, 4.69) is 0 Å². The molecule has 0 bridgehead atoms. The molecule has 3 N–H and O–H groups in total. The van der Waals surface area contributed by atoms with Gasteiger partial charge in [-0.05, 0) is 35.9 Å². The third-order valence-electron chi connectivity index (χ3n) is 2.64. The number of hydrogen-bond donors (Lipinski definition) is 2. The van der Waals surface area contributed by atoms with E-state index < -0.39 is 5.97 Å². The minimum absolute atomic E-state index is 0.114. The number of anilines is 1. The van der Waals surface area contributed by atoms with Crippen LogP contribution < -0.4 is 10.5 Å². The fraction of sp³-hybridized carbons (Fsp3) is 0.0714. The molecular formula is C14H11Cl2NO3. The lowest BCUT2D eigenvalue weighted by Gasteiger charge is -2.10. The number of benzene rings is 2. The van der Waals surface area contributed by atoms with Crippen LogP contribution in [0.3, 0.4) is 0 Å². The molecule has 0 saturated heterocycles. The SMILES string of the molecule is Nc1ccc(C(=O)O)cc1OCc1ccc(Cl)c(Cl)c1. The predicted octanol–water partition coefficient (Wildman–Crippen LogP) is 3.85. The zero-order valence-electron chi connectivity index (χ0n) is 10.3. The van der Waals surface area contributed by atoms with Gasteiger partial charge in [0.1, 0.15) is 12.4 Å². The number of nitrogens with two attached hydrogens (primary N) is 1. The van der Waals surface area contributed by atoms with Gasteiger partial charge in [-0.15, -0.1) is 0 Å². The maximum atomic E-state index is 10.9. The average molecular weight is 312 g/mol. The fourth-order valence-corrected chi connectivity index (χ4v) is 1.90. The normalized spacial score (nSPS) is 10.3. The molecular weight excluding hydrogens is 301 g/mol. The van der Waals surface area contributed by atoms with Crippen LogP contribution >= 0.6 is 23.2 Å². The summed E-state index contributed by atoms with van der Waals surface area (Å²) in [5, 5.41) is 9.82. The first-order valence-corrected chi connectivity index (χ1v) is 6.42. The minimum atomic E-state index is -1.04. The van der Waals surface area contributed by atoms with Crippen LogP contribution in [-0.4, -0.2) is 11.1 Å². The maximum Gasteiger partial charge on any atom is 0.335 e. The molecule has 0 atom stereocenters. The number of carboxylic acids is 1. The van der Waals surface area contributed by atoms with Crippen molar-refractivity contribution in [3.63, 3.8) is 0 Å². The lowest BCUT2D eigenvalue weighted by atomic mass is 10.2. The summed E-state index contributed by atoms with van der Waals surface area (Å²) in [7, 11) is 0. The van der Waals surface area contributed by atoms with Crippen LogP contribution in [0.15, 0.2) is 36.4 Å². The highest BCUT2D eigenvalue weighted by atomic mass is 35.5. The van der Waals surface area contributed by atoms with Gasteiger partial charge in [0.05, 0.1) is 21.3 Å². The van der Waals surface area contributed by atoms with Crippen LogP contribution in [0.1, 0.15) is 15.9 Å². The van der Waals surface area contributed by atoms with Gasteiger partial charge in [0, 0.05) is 0 Å². The number of rotatable bonds is 4. The first-order chi connectivity index (χ1) is 9.47. The highest BCUT2D eigenvalue weighted by Crippen LogP contribution is 2.26. The molecule has 6 heteroatoms. The van der Waals surface area contributed by atoms with Crippen LogP contribution in [0.25, 0.3) is 0 Å². The summed E-state index contributed by atoms with van der Waals surface area (Å²) in [5.74, 6) is -0.722. The number of aromatic carboxylic acids is 1. The van der Waals surface area contributed by atoms with Gasteiger partial charge < -0.3 is 15.6 Å². The highest BCUT2D eigenvalue weighted by molar-refractivity contribution is 6.42. The summed E-state index contributed by atoms with van der Waals surface area (Å²) >= 11 is 11.7. The van der Waals surface area contributed by atoms with Crippen molar-refractivity contribution in [2.24, 2.45) is 0 Å². The smallest absolute Gasteiger partial charge is 0.335 e. The molecule has 0 spiro atoms. The molecule has 2 aromatic rings. The number of hydrogen-bond acceptors (Lipinski definition) is 3. The largest absolute Gasteiger partial charge is 0.487 e. The van der Waals surface area contributed by atoms with E-state index in [1.807, 2.05) is 0 Å². The van der Waals surface area contributed by atoms with E-state index >= 15 is 0 Å². The fourth-order valence-electron chi connectivity index (χ4n) is 1.58. The number of halogens is 2. The summed E-state index contributed by atoms with van der Waals surface area (Å²) in [6, 6.07) is 9.42. The Hall–Kier alpha value is -1.91. The molecule has 0 amide bonds. The second-order valence-electron chi connectivity index (χ2n) is 4.09. The summed E-state index contributed by atoms with van der Waals surface area (Å²) < 4.78 is 5.52. The first kappa shape index (κ1) is 14.5. The van der Waals surface area contributed by atoms with Crippen LogP contribution in [0, 0.1) is 0 Å². The lowest BCUT2D eigenvalue weighted by Crippen LogP contribution is -2.02. The Morgan fingerprint density at radius 1 is 1.15 bits per heavy atom. The monoisotopic (exact) mass is 311 g/mol. The minimum Gasteiger partial charge on any atom is -0.487 e. The second-order valence-corrected chi connectivity index (χ2v) is 4.91. The van der Waals surface area contributed by atoms with Gasteiger partial charge in [0.15, 0.2) is 0 Å². The molecule has 0 aliphatic carbocycles. The van der Waals surface area contributed by atoms with Gasteiger partial charge in [0.2, 0.25) is 0 Å². The van der Waals surface area contributed by atoms with Crippen LogP contribution in [0.4, 0.5) is 5.69 Å². The van der Waals surface area contributed by atoms with E-state index in [0.717, 1.165) is 5.56 Å². The number of nitrogen functional groups attached to an aromatic ring is 1. The summed E-state index contributed by atoms with van der Waals surface area (Å²) in [6.45, 7) is 0.212. The maximum absolute atomic E-state index is 10.9. The summed E-state index contributed by atoms with van der Waals surface area (Å²) in [4.78, 5) is 10.9. The average Bonchev–Trinajstić information content (AvgIpc) is 2.41. The first-order valence-electron chi connectivity index (χ1n) is 5.67. The Morgan fingerprint density at radius 3 is 2.55 bits per heavy atom. The van der Waals surface area contributed by atoms with Gasteiger partial charge in [-0.25, -0.2) is 4.79 Å². The van der Waals surface area contributed by atoms with Crippen molar-refractivity contribution in [2.75, 3.05) is 5.73 Å². The van der Waals surface area contributed by atoms with Crippen molar-refractivity contribution < 1.29 is 14.6 Å². The van der Waals surface area contributed by atoms with Crippen LogP contribution in [0.5, 0.6) is 5.75 Å². The second kappa shape index (κ2) is 6.03. The number of carboxylic acid groups (broad SMARTS) is 1. The number of carbonyl (C=O) groups is 1. The van der Waals surface area contributed by atoms with Crippen molar-refractivity contribution in [1.82, 2.24) is 0 Å². The molecule has 0 unspecified atom stereocenters. The Balaban J connectivity index is 2.15. The van der Waals surface area contributed by atoms with Gasteiger partial charge in [0.25, 0.3) is 0 Å². The van der Waals surface area contributed by atoms with Crippen molar-refractivity contribution in [3.8, 4) is 5.75 Å². The van der Waals surface area contributed by atoms with E-state index in [4.69, 9.17) is 38.8 Å². The van der Waals surface area contributed by atoms with E-state index in [1.165, 1.54) is 18.2 Å². The van der Waals surface area contributed by atoms with Crippen LogP contribution in [-0.2, 0) is 6.61 Å². The van der Waals surface area contributed by atoms with Gasteiger partial charge in [-0.2, -0.15) is 0 Å². The molecule has 0 aromatic heterocycles. The van der Waals surface area contributed by atoms with Crippen molar-refractivity contribution in [2.45, 2.75) is 6.61 Å². The van der Waals surface area contributed by atoms with Gasteiger partial charge in [-0.3, -0.25) is 0 Å². The molecule has 0 fully saturated rings. The molecule has 0 heterocycles. The molecule has 0 aliphatic heterocycles. The zero-order valence-corrected chi connectivity index (χ0v) is 11.8. The Labute approximate surface area is 125 Å². The van der Waals surface area contributed by atoms with E-state index in [0.29, 0.717) is 21.5 Å². The summed E-state index contributed by atoms with van der Waals surface area (Å²) in [6.07, 6.45) is 0. The van der Waals surface area contributed by atoms with Gasteiger partial charge in [-0.1, -0.05) is 29.3 Å². The third kappa shape index (κ3) is 3.35. The predicted molar refractivity (Wildman–Crippen MR) is 78.6 cm³/mol. The molecule has 20 heavy (non-hydrogen) atoms. The van der Waals surface area contributed by atoms with Crippen molar-refractivity contribution in [3.05, 3.63) is 57.6 Å². The quantitative estimate of drug-likeness (QED) is 0.841. The molecule has 0 radical (unpaired) electrons. The standard InChI is InChI=1S/C14H11Cl2NO3/c15-10-3-1-8(5-11(10)16)7-20-13-6-9(14(18)19)2-4-12(13)17/h1-6H,7,17H2,(H,18,19). The molecule has 2 aromatic carbocycles. The Bertz CT molecular complexity index is 659. The van der Waals surface area contributed by atoms with E-state index in [-0.39, 0.29) is 12.2 Å². The topological polar surface area (TPSA) is 72.6 Å². The lowest BCUT2D eigenvalue weighted by molar-refractivity contribution is 0.0696. The summed E-state index contributed by atoms with van der Waals surface area (Å²) in [5.41, 5.74) is 7.03. The number of ether oxygens (including phenoxy) is 1. The zero-order chi connectivity index (χ0) is 14.7. The molecule has 0 saturated carbocycles. The van der Waals surface area contributed by atoms with Crippen LogP contribution in [0.2, 0.25) is 10.0 Å². The Kier molecular flexibility index (Phi) is 4.37. The molecule has 0 aliphatic rings. The highest BCUT2D eigenvalue weighted by Gasteiger charge is 2.08. The van der Waals surface area contributed by atoms with Gasteiger partial charge >= 0.3 is 5.97 Å². The third-order valence-corrected chi connectivity index (χ3v) is 3.38. The van der Waals surface area contributed by atoms with E-state index in [1.54, 1.807) is 18.2 Å². The van der Waals surface area contributed by atoms with Crippen molar-refractivity contribution in [1.29, 1.82) is 0 Å². The molecule has 2 rings (SSSR count).